The lowest BCUT2D eigenvalue weighted by molar-refractivity contribution is 0.352. The van der Waals surface area contributed by atoms with Gasteiger partial charge in [0.05, 0.1) is 9.79 Å². The lowest BCUT2D eigenvalue weighted by Gasteiger charge is -2.39. The van der Waals surface area contributed by atoms with Gasteiger partial charge in [-0.1, -0.05) is 38.1 Å². The number of rotatable bonds is 4. The second-order valence-electron chi connectivity index (χ2n) is 7.00. The molecule has 134 valence electrons. The van der Waals surface area contributed by atoms with E-state index < -0.39 is 9.84 Å². The van der Waals surface area contributed by atoms with Crippen LogP contribution in [0.5, 0.6) is 5.75 Å². The third-order valence-electron chi connectivity index (χ3n) is 4.98. The fraction of sp³-hybridized carbons (Fsp3) is 0.368. The average molecular weight is 378 g/mol. The minimum atomic E-state index is -3.43. The maximum atomic E-state index is 12.6. The summed E-state index contributed by atoms with van der Waals surface area (Å²) in [6, 6.07) is 12.0. The third kappa shape index (κ3) is 3.43. The number of phenolic OH excluding ortho intramolecular Hbond substituents is 1. The zero-order chi connectivity index (χ0) is 18.2. The molecule has 6 heteroatoms. The summed E-state index contributed by atoms with van der Waals surface area (Å²) in [7, 11) is -3.43. The molecule has 0 saturated heterocycles. The van der Waals surface area contributed by atoms with Crippen molar-refractivity contribution in [2.45, 2.75) is 47.9 Å². The van der Waals surface area contributed by atoms with Crippen LogP contribution in [-0.2, 0) is 21.7 Å². The highest BCUT2D eigenvalue weighted by atomic mass is 32.3. The van der Waals surface area contributed by atoms with E-state index in [-0.39, 0.29) is 22.3 Å². The molecule has 0 spiro atoms. The molecule has 4 nitrogen and oxygen atoms in total. The molecule has 0 fully saturated rings. The quantitative estimate of drug-likeness (QED) is 0.798. The summed E-state index contributed by atoms with van der Waals surface area (Å²) >= 11 is 1.17. The summed E-state index contributed by atoms with van der Waals surface area (Å²) in [6.07, 6.45) is 1.73. The highest BCUT2D eigenvalue weighted by Crippen LogP contribution is 2.45. The summed E-state index contributed by atoms with van der Waals surface area (Å²) in [5.41, 5.74) is 8.12. The van der Waals surface area contributed by atoms with Gasteiger partial charge in [0.15, 0.2) is 9.84 Å². The fourth-order valence-corrected chi connectivity index (χ4v) is 6.33. The largest absolute Gasteiger partial charge is 0.507 e. The molecule has 0 aliphatic heterocycles. The molecular formula is C19H23NO3S2. The Bertz CT molecular complexity index is 877. The molecule has 2 aromatic carbocycles. The van der Waals surface area contributed by atoms with E-state index >= 15 is 0 Å². The highest BCUT2D eigenvalue weighted by molar-refractivity contribution is 8.12. The zero-order valence-corrected chi connectivity index (χ0v) is 16.0. The molecule has 1 atom stereocenters. The number of phenols is 1. The van der Waals surface area contributed by atoms with Gasteiger partial charge in [-0.25, -0.2) is 8.42 Å². The van der Waals surface area contributed by atoms with Gasteiger partial charge in [0.1, 0.15) is 10.8 Å². The molecule has 2 aromatic rings. The summed E-state index contributed by atoms with van der Waals surface area (Å²) in [5, 5.41) is 10.3. The van der Waals surface area contributed by atoms with Gasteiger partial charge < -0.3 is 10.8 Å². The van der Waals surface area contributed by atoms with Crippen LogP contribution >= 0.6 is 11.8 Å². The molecule has 0 bridgehead atoms. The van der Waals surface area contributed by atoms with Gasteiger partial charge in [-0.2, -0.15) is 0 Å². The number of hydrogen-bond donors (Lipinski definition) is 2. The van der Waals surface area contributed by atoms with Gasteiger partial charge in [0.25, 0.3) is 0 Å². The third-order valence-corrected chi connectivity index (χ3v) is 8.38. The van der Waals surface area contributed by atoms with Crippen molar-refractivity contribution in [2.75, 3.05) is 5.08 Å². The predicted octanol–water partition coefficient (Wildman–Crippen LogP) is 3.47. The van der Waals surface area contributed by atoms with Crippen molar-refractivity contribution < 1.29 is 13.5 Å². The Morgan fingerprint density at radius 1 is 1.20 bits per heavy atom. The standard InChI is InChI=1S/C19H23NO3S2/c1-19(2)16(20)11-9-13-8-10-15(21)18(17(13)19)24-12-25(22,23)14-6-4-3-5-7-14/h3-8,10,16,21H,9,11-12,20H2,1-2H3. The lowest BCUT2D eigenvalue weighted by atomic mass is 9.69. The maximum Gasteiger partial charge on any atom is 0.188 e. The number of hydrogen-bond acceptors (Lipinski definition) is 5. The highest BCUT2D eigenvalue weighted by Gasteiger charge is 2.37. The Morgan fingerprint density at radius 2 is 1.88 bits per heavy atom. The van der Waals surface area contributed by atoms with Crippen LogP contribution in [0.1, 0.15) is 31.4 Å². The number of thioether (sulfide) groups is 1. The molecule has 25 heavy (non-hydrogen) atoms. The molecule has 0 aromatic heterocycles. The van der Waals surface area contributed by atoms with Crippen molar-refractivity contribution in [3.05, 3.63) is 53.6 Å². The molecule has 0 radical (unpaired) electrons. The van der Waals surface area contributed by atoms with Gasteiger partial charge in [0.2, 0.25) is 0 Å². The Morgan fingerprint density at radius 3 is 2.56 bits per heavy atom. The molecule has 3 N–H and O–H groups in total. The average Bonchev–Trinajstić information content (AvgIpc) is 2.58. The Kier molecular flexibility index (Phi) is 4.88. The zero-order valence-electron chi connectivity index (χ0n) is 14.4. The number of aryl methyl sites for hydroxylation is 1. The van der Waals surface area contributed by atoms with E-state index in [0.717, 1.165) is 24.0 Å². The summed E-state index contributed by atoms with van der Waals surface area (Å²) < 4.78 is 25.2. The van der Waals surface area contributed by atoms with E-state index in [4.69, 9.17) is 5.73 Å². The van der Waals surface area contributed by atoms with Crippen molar-refractivity contribution >= 4 is 21.6 Å². The van der Waals surface area contributed by atoms with Gasteiger partial charge in [-0.15, -0.1) is 11.8 Å². The van der Waals surface area contributed by atoms with Crippen molar-refractivity contribution in [2.24, 2.45) is 5.73 Å². The van der Waals surface area contributed by atoms with Gasteiger partial charge in [0, 0.05) is 11.5 Å². The van der Waals surface area contributed by atoms with Gasteiger partial charge in [-0.05, 0) is 42.2 Å². The smallest absolute Gasteiger partial charge is 0.188 e. The van der Waals surface area contributed by atoms with Crippen LogP contribution in [0, 0.1) is 0 Å². The van der Waals surface area contributed by atoms with E-state index in [2.05, 4.69) is 13.8 Å². The predicted molar refractivity (Wildman–Crippen MR) is 102 cm³/mol. The Balaban J connectivity index is 1.97. The van der Waals surface area contributed by atoms with E-state index in [9.17, 15) is 13.5 Å². The van der Waals surface area contributed by atoms with Crippen LogP contribution in [0.3, 0.4) is 0 Å². The van der Waals surface area contributed by atoms with E-state index in [1.165, 1.54) is 11.8 Å². The van der Waals surface area contributed by atoms with Crippen LogP contribution in [0.15, 0.2) is 52.3 Å². The second kappa shape index (κ2) is 6.67. The monoisotopic (exact) mass is 377 g/mol. The minimum Gasteiger partial charge on any atom is -0.507 e. The second-order valence-corrected chi connectivity index (χ2v) is 10.3. The maximum absolute atomic E-state index is 12.6. The molecule has 3 rings (SSSR count). The first-order valence-electron chi connectivity index (χ1n) is 8.25. The molecule has 0 amide bonds. The van der Waals surface area contributed by atoms with Crippen LogP contribution in [-0.4, -0.2) is 24.7 Å². The fourth-order valence-electron chi connectivity index (χ4n) is 3.36. The van der Waals surface area contributed by atoms with Crippen LogP contribution < -0.4 is 5.73 Å². The first kappa shape index (κ1) is 18.3. The molecule has 1 aliphatic rings. The van der Waals surface area contributed by atoms with Crippen LogP contribution in [0.4, 0.5) is 0 Å². The molecule has 1 unspecified atom stereocenters. The lowest BCUT2D eigenvalue weighted by Crippen LogP contribution is -2.45. The first-order valence-corrected chi connectivity index (χ1v) is 10.9. The van der Waals surface area contributed by atoms with Crippen molar-refractivity contribution in [3.8, 4) is 5.75 Å². The van der Waals surface area contributed by atoms with Crippen molar-refractivity contribution in [1.82, 2.24) is 0 Å². The molecule has 1 aliphatic carbocycles. The Labute approximate surface area is 153 Å². The normalized spacial score (nSPS) is 19.4. The molecular weight excluding hydrogens is 354 g/mol. The van der Waals surface area contributed by atoms with E-state index in [1.54, 1.807) is 36.4 Å². The molecule has 0 heterocycles. The first-order chi connectivity index (χ1) is 11.7. The topological polar surface area (TPSA) is 80.4 Å². The summed E-state index contributed by atoms with van der Waals surface area (Å²) in [4.78, 5) is 0.930. The SMILES string of the molecule is CC1(C)c2c(ccc(O)c2SCS(=O)(=O)c2ccccc2)CCC1N. The number of nitrogens with two attached hydrogens (primary N) is 1. The summed E-state index contributed by atoms with van der Waals surface area (Å²) in [5.74, 6) is 0.120. The Hall–Kier alpha value is -1.50. The number of fused-ring (bicyclic) bond motifs is 1. The van der Waals surface area contributed by atoms with Gasteiger partial charge in [-0.3, -0.25) is 0 Å². The van der Waals surface area contributed by atoms with Crippen LogP contribution in [0.2, 0.25) is 0 Å². The van der Waals surface area contributed by atoms with E-state index in [1.807, 2.05) is 6.07 Å². The van der Waals surface area contributed by atoms with Crippen LogP contribution in [0.25, 0.3) is 0 Å². The van der Waals surface area contributed by atoms with E-state index in [0.29, 0.717) is 9.79 Å². The summed E-state index contributed by atoms with van der Waals surface area (Å²) in [6.45, 7) is 4.12. The number of aromatic hydroxyl groups is 1. The van der Waals surface area contributed by atoms with Gasteiger partial charge >= 0.3 is 0 Å². The van der Waals surface area contributed by atoms with Crippen molar-refractivity contribution in [3.63, 3.8) is 0 Å². The number of benzene rings is 2. The minimum absolute atomic E-state index is 0.0214. The molecule has 0 saturated carbocycles. The number of sulfone groups is 1. The van der Waals surface area contributed by atoms with Crippen molar-refractivity contribution in [1.29, 1.82) is 0 Å².